The maximum Gasteiger partial charge on any atom is 0.228 e. The van der Waals surface area contributed by atoms with Crippen molar-refractivity contribution < 1.29 is 9.18 Å². The molecule has 0 atom stereocenters. The first-order valence-electron chi connectivity index (χ1n) is 4.91. The molecule has 1 aromatic carbocycles. The monoisotopic (exact) mass is 313 g/mol. The Labute approximate surface area is 111 Å². The molecule has 0 aliphatic carbocycles. The minimum atomic E-state index is -0.390. The van der Waals surface area contributed by atoms with E-state index >= 15 is 0 Å². The molecule has 1 heterocycles. The van der Waals surface area contributed by atoms with Gasteiger partial charge in [0.1, 0.15) is 5.82 Å². The standard InChI is InChI=1S/C12H9BrFNOS/c13-10-2-1-9(6-11(10)14)15-12(16)5-8-3-4-17-7-8/h1-4,6-7H,5H2,(H,15,16). The van der Waals surface area contributed by atoms with Crippen LogP contribution in [0.15, 0.2) is 39.5 Å². The Balaban J connectivity index is 2.00. The smallest absolute Gasteiger partial charge is 0.228 e. The van der Waals surface area contributed by atoms with Crippen LogP contribution in [0.4, 0.5) is 10.1 Å². The van der Waals surface area contributed by atoms with E-state index in [1.165, 1.54) is 6.07 Å². The number of anilines is 1. The molecule has 1 aromatic heterocycles. The minimum absolute atomic E-state index is 0.148. The molecule has 0 spiro atoms. The van der Waals surface area contributed by atoms with E-state index in [-0.39, 0.29) is 5.91 Å². The lowest BCUT2D eigenvalue weighted by Crippen LogP contribution is -2.14. The van der Waals surface area contributed by atoms with Gasteiger partial charge in [-0.25, -0.2) is 4.39 Å². The average molecular weight is 314 g/mol. The molecule has 0 radical (unpaired) electrons. The summed E-state index contributed by atoms with van der Waals surface area (Å²) in [6.07, 6.45) is 0.307. The van der Waals surface area contributed by atoms with Gasteiger partial charge in [-0.1, -0.05) is 0 Å². The lowest BCUT2D eigenvalue weighted by Gasteiger charge is -2.05. The van der Waals surface area contributed by atoms with E-state index in [1.807, 2.05) is 16.8 Å². The third-order valence-corrected chi connectivity index (χ3v) is 3.52. The van der Waals surface area contributed by atoms with E-state index < -0.39 is 5.82 Å². The first-order chi connectivity index (χ1) is 8.15. The third kappa shape index (κ3) is 3.38. The molecule has 2 nitrogen and oxygen atoms in total. The van der Waals surface area contributed by atoms with Crippen LogP contribution in [-0.4, -0.2) is 5.91 Å². The summed E-state index contributed by atoms with van der Waals surface area (Å²) in [6.45, 7) is 0. The molecule has 2 rings (SSSR count). The molecule has 0 aliphatic rings. The average Bonchev–Trinajstić information content (AvgIpc) is 2.76. The van der Waals surface area contributed by atoms with E-state index in [0.29, 0.717) is 16.6 Å². The van der Waals surface area contributed by atoms with Crippen molar-refractivity contribution >= 4 is 38.9 Å². The normalized spacial score (nSPS) is 10.2. The Morgan fingerprint density at radius 2 is 2.24 bits per heavy atom. The number of carbonyl (C=O) groups is 1. The van der Waals surface area contributed by atoms with Crippen LogP contribution < -0.4 is 5.32 Å². The first kappa shape index (κ1) is 12.3. The lowest BCUT2D eigenvalue weighted by molar-refractivity contribution is -0.115. The number of rotatable bonds is 3. The summed E-state index contributed by atoms with van der Waals surface area (Å²) < 4.78 is 13.6. The highest BCUT2D eigenvalue weighted by atomic mass is 79.9. The quantitative estimate of drug-likeness (QED) is 0.916. The maximum absolute atomic E-state index is 13.2. The Hall–Kier alpha value is -1.20. The number of benzene rings is 1. The number of halogens is 2. The van der Waals surface area contributed by atoms with Gasteiger partial charge in [-0.05, 0) is 56.5 Å². The molecule has 0 saturated carbocycles. The molecule has 0 fully saturated rings. The Kier molecular flexibility index (Phi) is 3.91. The molecule has 0 bridgehead atoms. The summed E-state index contributed by atoms with van der Waals surface area (Å²) in [5, 5.41) is 6.49. The minimum Gasteiger partial charge on any atom is -0.326 e. The largest absolute Gasteiger partial charge is 0.326 e. The van der Waals surface area contributed by atoms with Gasteiger partial charge >= 0.3 is 0 Å². The van der Waals surface area contributed by atoms with Gasteiger partial charge in [-0.3, -0.25) is 4.79 Å². The number of thiophene rings is 1. The molecule has 2 aromatic rings. The van der Waals surface area contributed by atoms with Crippen LogP contribution >= 0.6 is 27.3 Å². The van der Waals surface area contributed by atoms with Crippen LogP contribution in [0.2, 0.25) is 0 Å². The molecular formula is C12H9BrFNOS. The van der Waals surface area contributed by atoms with E-state index in [4.69, 9.17) is 0 Å². The van der Waals surface area contributed by atoms with Crippen molar-refractivity contribution in [2.75, 3.05) is 5.32 Å². The Morgan fingerprint density at radius 3 is 2.88 bits per heavy atom. The van der Waals surface area contributed by atoms with Crippen LogP contribution in [0.5, 0.6) is 0 Å². The summed E-state index contributed by atoms with van der Waals surface area (Å²) in [4.78, 5) is 11.6. The van der Waals surface area contributed by atoms with Crippen molar-refractivity contribution in [3.8, 4) is 0 Å². The van der Waals surface area contributed by atoms with Gasteiger partial charge in [0, 0.05) is 5.69 Å². The van der Waals surface area contributed by atoms with E-state index in [2.05, 4.69) is 21.2 Å². The van der Waals surface area contributed by atoms with Crippen LogP contribution in [-0.2, 0) is 11.2 Å². The number of amides is 1. The van der Waals surface area contributed by atoms with E-state index in [9.17, 15) is 9.18 Å². The molecule has 1 amide bonds. The molecule has 88 valence electrons. The van der Waals surface area contributed by atoms with Crippen molar-refractivity contribution in [1.29, 1.82) is 0 Å². The third-order valence-electron chi connectivity index (χ3n) is 2.15. The predicted octanol–water partition coefficient (Wildman–Crippen LogP) is 3.83. The SMILES string of the molecule is O=C(Cc1ccsc1)Nc1ccc(Br)c(F)c1. The second kappa shape index (κ2) is 5.42. The van der Waals surface area contributed by atoms with Gasteiger partial charge in [0.15, 0.2) is 0 Å². The summed E-state index contributed by atoms with van der Waals surface area (Å²) in [5.41, 5.74) is 1.43. The molecule has 17 heavy (non-hydrogen) atoms. The molecule has 1 N–H and O–H groups in total. The molecule has 0 aliphatic heterocycles. The Bertz CT molecular complexity index is 527. The van der Waals surface area contributed by atoms with Crippen LogP contribution in [0, 0.1) is 5.82 Å². The maximum atomic E-state index is 13.2. The zero-order valence-electron chi connectivity index (χ0n) is 8.74. The highest BCUT2D eigenvalue weighted by molar-refractivity contribution is 9.10. The van der Waals surface area contributed by atoms with Gasteiger partial charge in [-0.15, -0.1) is 0 Å². The molecule has 0 unspecified atom stereocenters. The number of nitrogens with one attached hydrogen (secondary N) is 1. The first-order valence-corrected chi connectivity index (χ1v) is 6.65. The fraction of sp³-hybridized carbons (Fsp3) is 0.0833. The van der Waals surface area contributed by atoms with Crippen molar-refractivity contribution in [2.45, 2.75) is 6.42 Å². The summed E-state index contributed by atoms with van der Waals surface area (Å²) >= 11 is 4.60. The molecular weight excluding hydrogens is 305 g/mol. The van der Waals surface area contributed by atoms with Gasteiger partial charge in [0.05, 0.1) is 10.9 Å². The summed E-state index contributed by atoms with van der Waals surface area (Å²) in [6, 6.07) is 6.40. The molecule has 5 heteroatoms. The fourth-order valence-corrected chi connectivity index (χ4v) is 2.27. The zero-order valence-corrected chi connectivity index (χ0v) is 11.1. The Morgan fingerprint density at radius 1 is 1.41 bits per heavy atom. The topological polar surface area (TPSA) is 29.1 Å². The molecule has 0 saturated heterocycles. The van der Waals surface area contributed by atoms with Crippen LogP contribution in [0.1, 0.15) is 5.56 Å². The van der Waals surface area contributed by atoms with Crippen LogP contribution in [0.25, 0.3) is 0 Å². The second-order valence-electron chi connectivity index (χ2n) is 3.49. The van der Waals surface area contributed by atoms with Gasteiger partial charge in [0.2, 0.25) is 5.91 Å². The zero-order chi connectivity index (χ0) is 12.3. The highest BCUT2D eigenvalue weighted by Gasteiger charge is 2.06. The fourth-order valence-electron chi connectivity index (χ4n) is 1.36. The number of carbonyl (C=O) groups excluding carboxylic acids is 1. The van der Waals surface area contributed by atoms with Crippen LogP contribution in [0.3, 0.4) is 0 Å². The van der Waals surface area contributed by atoms with Crippen molar-refractivity contribution in [1.82, 2.24) is 0 Å². The van der Waals surface area contributed by atoms with Crippen molar-refractivity contribution in [3.05, 3.63) is 50.9 Å². The lowest BCUT2D eigenvalue weighted by atomic mass is 10.2. The number of hydrogen-bond acceptors (Lipinski definition) is 2. The van der Waals surface area contributed by atoms with Gasteiger partial charge in [0.25, 0.3) is 0 Å². The van der Waals surface area contributed by atoms with E-state index in [0.717, 1.165) is 5.56 Å². The van der Waals surface area contributed by atoms with Gasteiger partial charge in [-0.2, -0.15) is 11.3 Å². The summed E-state index contributed by atoms with van der Waals surface area (Å²) in [5.74, 6) is -0.538. The predicted molar refractivity (Wildman–Crippen MR) is 70.8 cm³/mol. The summed E-state index contributed by atoms with van der Waals surface area (Å²) in [7, 11) is 0. The highest BCUT2D eigenvalue weighted by Crippen LogP contribution is 2.19. The second-order valence-corrected chi connectivity index (χ2v) is 5.12. The number of hydrogen-bond donors (Lipinski definition) is 1. The van der Waals surface area contributed by atoms with Gasteiger partial charge < -0.3 is 5.32 Å². The van der Waals surface area contributed by atoms with E-state index in [1.54, 1.807) is 23.5 Å². The van der Waals surface area contributed by atoms with Crippen molar-refractivity contribution in [3.63, 3.8) is 0 Å². The van der Waals surface area contributed by atoms with Crippen molar-refractivity contribution in [2.24, 2.45) is 0 Å².